The SMILES string of the molecule is COCCCNc1nc(-c2ccc(C)cc2)nc2ccccc12. The van der Waals surface area contributed by atoms with Crippen molar-refractivity contribution in [3.8, 4) is 11.4 Å². The molecule has 2 aromatic carbocycles. The summed E-state index contributed by atoms with van der Waals surface area (Å²) in [7, 11) is 1.72. The van der Waals surface area contributed by atoms with Crippen LogP contribution in [0.25, 0.3) is 22.3 Å². The molecular weight excluding hydrogens is 286 g/mol. The number of nitrogens with zero attached hydrogens (tertiary/aromatic N) is 2. The van der Waals surface area contributed by atoms with Gasteiger partial charge in [-0.15, -0.1) is 0 Å². The van der Waals surface area contributed by atoms with Crippen LogP contribution in [0.15, 0.2) is 48.5 Å². The molecule has 3 aromatic rings. The van der Waals surface area contributed by atoms with E-state index < -0.39 is 0 Å². The number of nitrogens with one attached hydrogen (secondary N) is 1. The zero-order valence-electron chi connectivity index (χ0n) is 13.5. The van der Waals surface area contributed by atoms with E-state index in [2.05, 4.69) is 36.5 Å². The van der Waals surface area contributed by atoms with Crippen LogP contribution in [0.4, 0.5) is 5.82 Å². The average Bonchev–Trinajstić information content (AvgIpc) is 2.59. The predicted octanol–water partition coefficient (Wildman–Crippen LogP) is 4.05. The van der Waals surface area contributed by atoms with Crippen molar-refractivity contribution in [3.63, 3.8) is 0 Å². The molecule has 0 atom stereocenters. The van der Waals surface area contributed by atoms with Crippen LogP contribution in [-0.2, 0) is 4.74 Å². The molecule has 0 spiro atoms. The van der Waals surface area contributed by atoms with Gasteiger partial charge in [-0.25, -0.2) is 9.97 Å². The van der Waals surface area contributed by atoms with Gasteiger partial charge >= 0.3 is 0 Å². The van der Waals surface area contributed by atoms with Crippen LogP contribution in [0, 0.1) is 6.92 Å². The van der Waals surface area contributed by atoms with Crippen molar-refractivity contribution < 1.29 is 4.74 Å². The number of benzene rings is 2. The number of hydrogen-bond donors (Lipinski definition) is 1. The maximum absolute atomic E-state index is 5.10. The van der Waals surface area contributed by atoms with Gasteiger partial charge in [-0.1, -0.05) is 42.0 Å². The van der Waals surface area contributed by atoms with Crippen LogP contribution in [-0.4, -0.2) is 30.2 Å². The van der Waals surface area contributed by atoms with E-state index in [0.29, 0.717) is 0 Å². The van der Waals surface area contributed by atoms with Crippen LogP contribution >= 0.6 is 0 Å². The molecule has 23 heavy (non-hydrogen) atoms. The maximum Gasteiger partial charge on any atom is 0.162 e. The Labute approximate surface area is 136 Å². The number of fused-ring (bicyclic) bond motifs is 1. The lowest BCUT2D eigenvalue weighted by Crippen LogP contribution is -2.07. The molecule has 0 radical (unpaired) electrons. The summed E-state index contributed by atoms with van der Waals surface area (Å²) >= 11 is 0. The highest BCUT2D eigenvalue weighted by molar-refractivity contribution is 5.90. The van der Waals surface area contributed by atoms with Crippen LogP contribution in [0.5, 0.6) is 0 Å². The van der Waals surface area contributed by atoms with Gasteiger partial charge in [0.15, 0.2) is 5.82 Å². The molecule has 0 aliphatic rings. The summed E-state index contributed by atoms with van der Waals surface area (Å²) in [6, 6.07) is 16.4. The number of para-hydroxylation sites is 1. The standard InChI is InChI=1S/C19H21N3O/c1-14-8-10-15(11-9-14)18-21-17-7-4-3-6-16(17)19(22-18)20-12-5-13-23-2/h3-4,6-11H,5,12-13H2,1-2H3,(H,20,21,22). The lowest BCUT2D eigenvalue weighted by Gasteiger charge is -2.11. The summed E-state index contributed by atoms with van der Waals surface area (Å²) in [6.45, 7) is 3.64. The Balaban J connectivity index is 1.97. The summed E-state index contributed by atoms with van der Waals surface area (Å²) < 4.78 is 5.10. The fourth-order valence-corrected chi connectivity index (χ4v) is 2.47. The first-order valence-corrected chi connectivity index (χ1v) is 7.84. The van der Waals surface area contributed by atoms with Crippen LogP contribution in [0.3, 0.4) is 0 Å². The second-order valence-electron chi connectivity index (χ2n) is 5.55. The Morgan fingerprint density at radius 3 is 2.57 bits per heavy atom. The highest BCUT2D eigenvalue weighted by Crippen LogP contribution is 2.25. The molecule has 0 fully saturated rings. The van der Waals surface area contributed by atoms with E-state index in [9.17, 15) is 0 Å². The molecule has 4 heteroatoms. The second kappa shape index (κ2) is 7.20. The summed E-state index contributed by atoms with van der Waals surface area (Å²) in [4.78, 5) is 9.44. The third kappa shape index (κ3) is 3.66. The minimum atomic E-state index is 0.737. The lowest BCUT2D eigenvalue weighted by molar-refractivity contribution is 0.198. The first-order chi connectivity index (χ1) is 11.3. The lowest BCUT2D eigenvalue weighted by atomic mass is 10.1. The summed E-state index contributed by atoms with van der Waals surface area (Å²) in [5.74, 6) is 1.63. The van der Waals surface area contributed by atoms with Crippen LogP contribution in [0.1, 0.15) is 12.0 Å². The number of aromatic nitrogens is 2. The molecule has 118 valence electrons. The van der Waals surface area contributed by atoms with Crippen LogP contribution < -0.4 is 5.32 Å². The van der Waals surface area contributed by atoms with E-state index >= 15 is 0 Å². The molecular formula is C19H21N3O. The summed E-state index contributed by atoms with van der Waals surface area (Å²) in [5, 5.41) is 4.46. The number of ether oxygens (including phenoxy) is 1. The van der Waals surface area contributed by atoms with E-state index in [1.165, 1.54) is 5.56 Å². The summed E-state index contributed by atoms with van der Waals surface area (Å²) in [6.07, 6.45) is 0.939. The largest absolute Gasteiger partial charge is 0.385 e. The van der Waals surface area contributed by atoms with Gasteiger partial charge in [0.2, 0.25) is 0 Å². The fraction of sp³-hybridized carbons (Fsp3) is 0.263. The van der Waals surface area contributed by atoms with Gasteiger partial charge in [0.05, 0.1) is 5.52 Å². The van der Waals surface area contributed by atoms with Crippen molar-refractivity contribution in [2.45, 2.75) is 13.3 Å². The van der Waals surface area contributed by atoms with E-state index in [0.717, 1.165) is 47.7 Å². The Morgan fingerprint density at radius 1 is 1.00 bits per heavy atom. The molecule has 1 N–H and O–H groups in total. The molecule has 1 heterocycles. The monoisotopic (exact) mass is 307 g/mol. The van der Waals surface area contributed by atoms with Gasteiger partial charge in [-0.2, -0.15) is 0 Å². The molecule has 1 aromatic heterocycles. The van der Waals surface area contributed by atoms with Gasteiger partial charge < -0.3 is 10.1 Å². The Morgan fingerprint density at radius 2 is 1.78 bits per heavy atom. The Kier molecular flexibility index (Phi) is 4.83. The minimum Gasteiger partial charge on any atom is -0.385 e. The zero-order chi connectivity index (χ0) is 16.1. The number of anilines is 1. The molecule has 0 saturated carbocycles. The van der Waals surface area contributed by atoms with Gasteiger partial charge in [-0.3, -0.25) is 0 Å². The van der Waals surface area contributed by atoms with Gasteiger partial charge in [0.25, 0.3) is 0 Å². The zero-order valence-corrected chi connectivity index (χ0v) is 13.5. The number of aryl methyl sites for hydroxylation is 1. The quantitative estimate of drug-likeness (QED) is 0.698. The van der Waals surface area contributed by atoms with Crippen LogP contribution in [0.2, 0.25) is 0 Å². The smallest absolute Gasteiger partial charge is 0.162 e. The first-order valence-electron chi connectivity index (χ1n) is 7.84. The molecule has 0 bridgehead atoms. The molecule has 0 unspecified atom stereocenters. The predicted molar refractivity (Wildman–Crippen MR) is 94.7 cm³/mol. The molecule has 3 rings (SSSR count). The summed E-state index contributed by atoms with van der Waals surface area (Å²) in [5.41, 5.74) is 3.21. The fourth-order valence-electron chi connectivity index (χ4n) is 2.47. The van der Waals surface area contributed by atoms with Crippen molar-refractivity contribution in [1.82, 2.24) is 9.97 Å². The van der Waals surface area contributed by atoms with Crippen molar-refractivity contribution in [3.05, 3.63) is 54.1 Å². The van der Waals surface area contributed by atoms with E-state index in [4.69, 9.17) is 14.7 Å². The van der Waals surface area contributed by atoms with Gasteiger partial charge in [0.1, 0.15) is 5.82 Å². The van der Waals surface area contributed by atoms with Crippen molar-refractivity contribution in [1.29, 1.82) is 0 Å². The van der Waals surface area contributed by atoms with E-state index in [-0.39, 0.29) is 0 Å². The highest BCUT2D eigenvalue weighted by Gasteiger charge is 2.08. The second-order valence-corrected chi connectivity index (χ2v) is 5.55. The molecule has 0 amide bonds. The number of methoxy groups -OCH3 is 1. The molecule has 0 saturated heterocycles. The van der Waals surface area contributed by atoms with E-state index in [1.807, 2.05) is 24.3 Å². The third-order valence-corrected chi connectivity index (χ3v) is 3.73. The topological polar surface area (TPSA) is 47.0 Å². The average molecular weight is 307 g/mol. The first kappa shape index (κ1) is 15.4. The van der Waals surface area contributed by atoms with Crippen molar-refractivity contribution in [2.75, 3.05) is 25.6 Å². The molecule has 4 nitrogen and oxygen atoms in total. The van der Waals surface area contributed by atoms with Crippen molar-refractivity contribution >= 4 is 16.7 Å². The normalized spacial score (nSPS) is 10.9. The molecule has 0 aliphatic heterocycles. The van der Waals surface area contributed by atoms with Crippen molar-refractivity contribution in [2.24, 2.45) is 0 Å². The van der Waals surface area contributed by atoms with Gasteiger partial charge in [-0.05, 0) is 25.5 Å². The molecule has 0 aliphatic carbocycles. The highest BCUT2D eigenvalue weighted by atomic mass is 16.5. The third-order valence-electron chi connectivity index (χ3n) is 3.73. The minimum absolute atomic E-state index is 0.737. The Bertz CT molecular complexity index is 784. The Hall–Kier alpha value is -2.46. The van der Waals surface area contributed by atoms with E-state index in [1.54, 1.807) is 7.11 Å². The van der Waals surface area contributed by atoms with Gasteiger partial charge in [0, 0.05) is 31.2 Å². The maximum atomic E-state index is 5.10. The number of hydrogen-bond acceptors (Lipinski definition) is 4. The number of rotatable bonds is 6.